The number of carbonyl (C=O) groups is 1. The molecule has 2 aliphatic heterocycles. The molecule has 144 valence electrons. The molecule has 4 heterocycles. The summed E-state index contributed by atoms with van der Waals surface area (Å²) in [6.45, 7) is 4.23. The van der Waals surface area contributed by atoms with Crippen LogP contribution in [0.25, 0.3) is 5.13 Å². The van der Waals surface area contributed by atoms with Crippen LogP contribution in [-0.4, -0.2) is 58.2 Å². The number of benzene rings is 1. The fourth-order valence-corrected chi connectivity index (χ4v) is 4.28. The Balaban J connectivity index is 1.18. The van der Waals surface area contributed by atoms with E-state index in [2.05, 4.69) is 16.0 Å². The van der Waals surface area contributed by atoms with Crippen LogP contribution in [0.4, 0.5) is 0 Å². The number of rotatable bonds is 4. The molecule has 0 spiro atoms. The lowest BCUT2D eigenvalue weighted by Crippen LogP contribution is -2.48. The summed E-state index contributed by atoms with van der Waals surface area (Å²) in [7, 11) is 0. The van der Waals surface area contributed by atoms with Crippen LogP contribution in [0, 0.1) is 0 Å². The lowest BCUT2D eigenvalue weighted by Gasteiger charge is -2.34. The normalized spacial score (nSPS) is 16.5. The first-order chi connectivity index (χ1) is 13.8. The van der Waals surface area contributed by atoms with Crippen LogP contribution in [0.15, 0.2) is 48.1 Å². The van der Waals surface area contributed by atoms with Gasteiger partial charge in [0.2, 0.25) is 6.79 Å². The van der Waals surface area contributed by atoms with Crippen LogP contribution in [-0.2, 0) is 6.54 Å². The second kappa shape index (κ2) is 7.29. The van der Waals surface area contributed by atoms with Gasteiger partial charge >= 0.3 is 0 Å². The average molecular weight is 396 g/mol. The van der Waals surface area contributed by atoms with Gasteiger partial charge in [-0.15, -0.1) is 11.3 Å². The van der Waals surface area contributed by atoms with Crippen molar-refractivity contribution in [3.63, 3.8) is 0 Å². The molecule has 28 heavy (non-hydrogen) atoms. The molecular formula is C20H20N4O3S. The second-order valence-corrected chi connectivity index (χ2v) is 7.70. The fraction of sp³-hybridized carbons (Fsp3) is 0.300. The lowest BCUT2D eigenvalue weighted by molar-refractivity contribution is 0.0623. The van der Waals surface area contributed by atoms with Crippen molar-refractivity contribution in [1.29, 1.82) is 0 Å². The third kappa shape index (κ3) is 3.36. The molecular weight excluding hydrogens is 376 g/mol. The number of hydrogen-bond donors (Lipinski definition) is 0. The van der Waals surface area contributed by atoms with Crippen LogP contribution >= 0.6 is 11.3 Å². The summed E-state index contributed by atoms with van der Waals surface area (Å²) in [5.74, 6) is 1.63. The van der Waals surface area contributed by atoms with Gasteiger partial charge in [0.25, 0.3) is 5.91 Å². The Morgan fingerprint density at radius 1 is 1.07 bits per heavy atom. The van der Waals surface area contributed by atoms with Crippen molar-refractivity contribution in [1.82, 2.24) is 19.4 Å². The number of hydrogen-bond acceptors (Lipinski definition) is 6. The summed E-state index contributed by atoms with van der Waals surface area (Å²) < 4.78 is 12.7. The van der Waals surface area contributed by atoms with Crippen LogP contribution in [0.2, 0.25) is 0 Å². The Bertz CT molecular complexity index is 977. The molecule has 5 rings (SSSR count). The molecule has 0 unspecified atom stereocenters. The van der Waals surface area contributed by atoms with E-state index in [9.17, 15) is 4.79 Å². The molecule has 2 aromatic heterocycles. The SMILES string of the molecule is O=C(c1csc(-n2cccc2)n1)N1CCN(Cc2ccc3c(c2)OCO3)CC1. The minimum Gasteiger partial charge on any atom is -0.454 e. The van der Waals surface area contributed by atoms with E-state index in [0.29, 0.717) is 25.6 Å². The Morgan fingerprint density at radius 3 is 2.68 bits per heavy atom. The van der Waals surface area contributed by atoms with Crippen molar-refractivity contribution < 1.29 is 14.3 Å². The second-order valence-electron chi connectivity index (χ2n) is 6.86. The maximum absolute atomic E-state index is 12.8. The van der Waals surface area contributed by atoms with E-state index < -0.39 is 0 Å². The Kier molecular flexibility index (Phi) is 4.50. The van der Waals surface area contributed by atoms with E-state index in [-0.39, 0.29) is 5.91 Å². The number of carbonyl (C=O) groups excluding carboxylic acids is 1. The average Bonchev–Trinajstić information content (AvgIpc) is 3.48. The molecule has 1 aromatic carbocycles. The molecule has 0 aliphatic carbocycles. The van der Waals surface area contributed by atoms with E-state index in [1.165, 1.54) is 16.9 Å². The standard InChI is InChI=1S/C20H20N4O3S/c25-19(16-13-28-20(21-16)24-5-1-2-6-24)23-9-7-22(8-10-23)12-15-3-4-17-18(11-15)27-14-26-17/h1-6,11,13H,7-10,12,14H2. The van der Waals surface area contributed by atoms with Gasteiger partial charge in [0.05, 0.1) is 0 Å². The zero-order chi connectivity index (χ0) is 18.9. The Labute approximate surface area is 166 Å². The number of aromatic nitrogens is 2. The third-order valence-electron chi connectivity index (χ3n) is 5.04. The zero-order valence-electron chi connectivity index (χ0n) is 15.3. The number of fused-ring (bicyclic) bond motifs is 1. The van der Waals surface area contributed by atoms with E-state index >= 15 is 0 Å². The van der Waals surface area contributed by atoms with Crippen LogP contribution in [0.5, 0.6) is 11.5 Å². The Hall–Kier alpha value is -2.84. The first-order valence-corrected chi connectivity index (χ1v) is 10.1. The van der Waals surface area contributed by atoms with Crippen LogP contribution < -0.4 is 9.47 Å². The van der Waals surface area contributed by atoms with Gasteiger partial charge in [-0.1, -0.05) is 6.07 Å². The number of piperazine rings is 1. The number of nitrogens with zero attached hydrogens (tertiary/aromatic N) is 4. The van der Waals surface area contributed by atoms with Gasteiger partial charge in [-0.3, -0.25) is 9.69 Å². The summed E-state index contributed by atoms with van der Waals surface area (Å²) in [5, 5.41) is 2.66. The fourth-order valence-electron chi connectivity index (χ4n) is 3.51. The maximum Gasteiger partial charge on any atom is 0.273 e. The molecule has 3 aromatic rings. The van der Waals surface area contributed by atoms with Gasteiger partial charge in [-0.2, -0.15) is 0 Å². The quantitative estimate of drug-likeness (QED) is 0.679. The summed E-state index contributed by atoms with van der Waals surface area (Å²) in [6, 6.07) is 9.97. The van der Waals surface area contributed by atoms with Crippen molar-refractivity contribution in [2.24, 2.45) is 0 Å². The van der Waals surface area contributed by atoms with E-state index in [1.807, 2.05) is 51.5 Å². The van der Waals surface area contributed by atoms with Crippen molar-refractivity contribution >= 4 is 17.2 Å². The highest BCUT2D eigenvalue weighted by atomic mass is 32.1. The topological polar surface area (TPSA) is 59.8 Å². The summed E-state index contributed by atoms with van der Waals surface area (Å²) in [4.78, 5) is 21.5. The van der Waals surface area contributed by atoms with Gasteiger partial charge in [0, 0.05) is 50.5 Å². The largest absolute Gasteiger partial charge is 0.454 e. The third-order valence-corrected chi connectivity index (χ3v) is 5.89. The van der Waals surface area contributed by atoms with Crippen molar-refractivity contribution in [2.45, 2.75) is 6.54 Å². The minimum absolute atomic E-state index is 0.0115. The van der Waals surface area contributed by atoms with Gasteiger partial charge < -0.3 is 18.9 Å². The highest BCUT2D eigenvalue weighted by Gasteiger charge is 2.24. The van der Waals surface area contributed by atoms with Gasteiger partial charge in [0.1, 0.15) is 5.69 Å². The first-order valence-electron chi connectivity index (χ1n) is 9.25. The van der Waals surface area contributed by atoms with Crippen LogP contribution in [0.3, 0.4) is 0 Å². The highest BCUT2D eigenvalue weighted by molar-refractivity contribution is 7.12. The number of thiazole rings is 1. The number of ether oxygens (including phenoxy) is 2. The molecule has 7 nitrogen and oxygen atoms in total. The highest BCUT2D eigenvalue weighted by Crippen LogP contribution is 2.32. The van der Waals surface area contributed by atoms with Crippen molar-refractivity contribution in [3.05, 3.63) is 59.4 Å². The minimum atomic E-state index is 0.0115. The first kappa shape index (κ1) is 17.3. The predicted molar refractivity (Wildman–Crippen MR) is 105 cm³/mol. The monoisotopic (exact) mass is 396 g/mol. The van der Waals surface area contributed by atoms with E-state index in [4.69, 9.17) is 9.47 Å². The summed E-state index contributed by atoms with van der Waals surface area (Å²) in [6.07, 6.45) is 3.87. The Morgan fingerprint density at radius 2 is 1.86 bits per heavy atom. The maximum atomic E-state index is 12.8. The van der Waals surface area contributed by atoms with Crippen molar-refractivity contribution in [2.75, 3.05) is 33.0 Å². The smallest absolute Gasteiger partial charge is 0.273 e. The zero-order valence-corrected chi connectivity index (χ0v) is 16.1. The summed E-state index contributed by atoms with van der Waals surface area (Å²) in [5.41, 5.74) is 1.72. The van der Waals surface area contributed by atoms with Gasteiger partial charge in [-0.05, 0) is 29.8 Å². The molecule has 0 bridgehead atoms. The molecule has 1 amide bonds. The molecule has 0 atom stereocenters. The molecule has 0 saturated carbocycles. The summed E-state index contributed by atoms with van der Waals surface area (Å²) >= 11 is 1.48. The molecule has 0 N–H and O–H groups in total. The molecule has 1 fully saturated rings. The molecule has 8 heteroatoms. The van der Waals surface area contributed by atoms with Gasteiger partial charge in [-0.25, -0.2) is 4.98 Å². The molecule has 2 aliphatic rings. The number of amides is 1. The van der Waals surface area contributed by atoms with E-state index in [1.54, 1.807) is 0 Å². The molecule has 1 saturated heterocycles. The van der Waals surface area contributed by atoms with Crippen molar-refractivity contribution in [3.8, 4) is 16.6 Å². The predicted octanol–water partition coefficient (Wildman–Crippen LogP) is 2.62. The van der Waals surface area contributed by atoms with E-state index in [0.717, 1.165) is 36.3 Å². The van der Waals surface area contributed by atoms with Gasteiger partial charge in [0.15, 0.2) is 16.6 Å². The van der Waals surface area contributed by atoms with Crippen LogP contribution in [0.1, 0.15) is 16.1 Å². The lowest BCUT2D eigenvalue weighted by atomic mass is 10.1. The molecule has 0 radical (unpaired) electrons.